The maximum absolute atomic E-state index is 13.0. The fraction of sp³-hybridized carbons (Fsp3) is 0.348. The Morgan fingerprint density at radius 3 is 2.37 bits per heavy atom. The van der Waals surface area contributed by atoms with Crippen LogP contribution in [0.3, 0.4) is 0 Å². The number of rotatable bonds is 5. The number of piperazine rings is 1. The SMILES string of the molecule is O=C(c1cc2ccccc2[nH]1)N1CCN(c2ccc(S(=O)(=O)N3CCOCC3)cc2[N+](=O)[O-])CC1. The van der Waals surface area contributed by atoms with Gasteiger partial charge in [0.1, 0.15) is 11.4 Å². The van der Waals surface area contributed by atoms with Gasteiger partial charge in [0, 0.05) is 56.2 Å². The average Bonchev–Trinajstić information content (AvgIpc) is 3.33. The van der Waals surface area contributed by atoms with Crippen molar-refractivity contribution < 1.29 is 22.9 Å². The van der Waals surface area contributed by atoms with E-state index in [1.165, 1.54) is 16.4 Å². The van der Waals surface area contributed by atoms with Crippen molar-refractivity contribution in [1.29, 1.82) is 0 Å². The number of fused-ring (bicyclic) bond motifs is 1. The zero-order chi connectivity index (χ0) is 24.6. The Morgan fingerprint density at radius 1 is 0.971 bits per heavy atom. The number of nitrogens with zero attached hydrogens (tertiary/aromatic N) is 4. The van der Waals surface area contributed by atoms with Crippen molar-refractivity contribution in [2.45, 2.75) is 4.90 Å². The lowest BCUT2D eigenvalue weighted by molar-refractivity contribution is -0.384. The number of morpholine rings is 1. The summed E-state index contributed by atoms with van der Waals surface area (Å²) in [4.78, 5) is 30.8. The van der Waals surface area contributed by atoms with E-state index in [9.17, 15) is 23.3 Å². The molecule has 1 aromatic heterocycles. The number of sulfonamides is 1. The molecule has 3 aromatic rings. The second-order valence-electron chi connectivity index (χ2n) is 8.47. The highest BCUT2D eigenvalue weighted by atomic mass is 32.2. The summed E-state index contributed by atoms with van der Waals surface area (Å²) in [7, 11) is -3.85. The summed E-state index contributed by atoms with van der Waals surface area (Å²) in [6.45, 7) is 2.57. The van der Waals surface area contributed by atoms with Crippen LogP contribution in [0.1, 0.15) is 10.5 Å². The van der Waals surface area contributed by atoms with Gasteiger partial charge in [-0.05, 0) is 24.3 Å². The van der Waals surface area contributed by atoms with Crippen LogP contribution in [0.15, 0.2) is 53.4 Å². The number of carbonyl (C=O) groups is 1. The van der Waals surface area contributed by atoms with Gasteiger partial charge in [0.25, 0.3) is 11.6 Å². The largest absolute Gasteiger partial charge is 0.379 e. The first kappa shape index (κ1) is 23.3. The first-order valence-corrected chi connectivity index (χ1v) is 12.8. The number of nitro benzene ring substituents is 1. The minimum atomic E-state index is -3.85. The number of carbonyl (C=O) groups excluding carboxylic acids is 1. The Balaban J connectivity index is 1.32. The molecule has 2 fully saturated rings. The van der Waals surface area contributed by atoms with Crippen molar-refractivity contribution in [3.63, 3.8) is 0 Å². The van der Waals surface area contributed by atoms with E-state index in [0.29, 0.717) is 50.8 Å². The second-order valence-corrected chi connectivity index (χ2v) is 10.4. The molecule has 2 aromatic carbocycles. The number of anilines is 1. The minimum absolute atomic E-state index is 0.109. The number of hydrogen-bond donors (Lipinski definition) is 1. The molecule has 0 aliphatic carbocycles. The molecule has 1 N–H and O–H groups in total. The topological polar surface area (TPSA) is 129 Å². The number of ether oxygens (including phenoxy) is 1. The Labute approximate surface area is 202 Å². The van der Waals surface area contributed by atoms with Gasteiger partial charge in [0.05, 0.1) is 23.0 Å². The molecule has 0 spiro atoms. The Morgan fingerprint density at radius 2 is 1.69 bits per heavy atom. The van der Waals surface area contributed by atoms with Crippen molar-refractivity contribution in [2.24, 2.45) is 0 Å². The Hall–Kier alpha value is -3.48. The molecule has 11 nitrogen and oxygen atoms in total. The molecule has 0 saturated carbocycles. The van der Waals surface area contributed by atoms with Gasteiger partial charge >= 0.3 is 0 Å². The summed E-state index contributed by atoms with van der Waals surface area (Å²) < 4.78 is 32.4. The van der Waals surface area contributed by atoms with E-state index >= 15 is 0 Å². The summed E-state index contributed by atoms with van der Waals surface area (Å²) >= 11 is 0. The standard InChI is InChI=1S/C23H25N5O6S/c29-23(20-15-17-3-1-2-4-19(17)24-20)26-9-7-25(8-10-26)21-6-5-18(16-22(21)28(30)31)35(32,33)27-11-13-34-14-12-27/h1-6,15-16,24H,7-14H2. The number of nitrogens with one attached hydrogen (secondary N) is 1. The molecule has 2 aliphatic rings. The number of aromatic amines is 1. The fourth-order valence-electron chi connectivity index (χ4n) is 4.52. The minimum Gasteiger partial charge on any atom is -0.379 e. The molecular formula is C23H25N5O6S. The normalized spacial score (nSPS) is 17.6. The van der Waals surface area contributed by atoms with E-state index in [0.717, 1.165) is 17.0 Å². The van der Waals surface area contributed by atoms with Crippen molar-refractivity contribution in [2.75, 3.05) is 57.4 Å². The molecule has 5 rings (SSSR count). The predicted molar refractivity (Wildman–Crippen MR) is 129 cm³/mol. The van der Waals surface area contributed by atoms with Gasteiger partial charge in [-0.1, -0.05) is 18.2 Å². The summed E-state index contributed by atoms with van der Waals surface area (Å²) in [5, 5.41) is 12.8. The zero-order valence-corrected chi connectivity index (χ0v) is 19.7. The number of nitro groups is 1. The quantitative estimate of drug-likeness (QED) is 0.420. The van der Waals surface area contributed by atoms with Crippen molar-refractivity contribution >= 4 is 38.2 Å². The van der Waals surface area contributed by atoms with Crippen LogP contribution in [0.4, 0.5) is 11.4 Å². The third-order valence-electron chi connectivity index (χ3n) is 6.42. The molecule has 0 atom stereocenters. The Bertz CT molecular complexity index is 1340. The van der Waals surface area contributed by atoms with Gasteiger partial charge in [-0.2, -0.15) is 4.31 Å². The van der Waals surface area contributed by atoms with E-state index in [1.54, 1.807) is 4.90 Å². The molecule has 2 aliphatic heterocycles. The maximum atomic E-state index is 13.0. The molecule has 0 radical (unpaired) electrons. The summed E-state index contributed by atoms with van der Waals surface area (Å²) in [5.41, 5.74) is 1.46. The fourth-order valence-corrected chi connectivity index (χ4v) is 5.95. The van der Waals surface area contributed by atoms with Gasteiger partial charge < -0.3 is 19.5 Å². The predicted octanol–water partition coefficient (Wildman–Crippen LogP) is 2.06. The van der Waals surface area contributed by atoms with E-state index in [-0.39, 0.29) is 29.6 Å². The molecule has 3 heterocycles. The molecule has 1 amide bonds. The van der Waals surface area contributed by atoms with Crippen molar-refractivity contribution in [3.8, 4) is 0 Å². The van der Waals surface area contributed by atoms with E-state index in [4.69, 9.17) is 4.74 Å². The maximum Gasteiger partial charge on any atom is 0.293 e. The van der Waals surface area contributed by atoms with Crippen LogP contribution in [0.25, 0.3) is 10.9 Å². The third kappa shape index (κ3) is 4.47. The first-order valence-electron chi connectivity index (χ1n) is 11.3. The highest BCUT2D eigenvalue weighted by Gasteiger charge is 2.31. The van der Waals surface area contributed by atoms with Crippen LogP contribution in [-0.4, -0.2) is 85.9 Å². The molecule has 2 saturated heterocycles. The lowest BCUT2D eigenvalue weighted by atomic mass is 10.2. The monoisotopic (exact) mass is 499 g/mol. The first-order chi connectivity index (χ1) is 16.8. The molecule has 184 valence electrons. The molecule has 35 heavy (non-hydrogen) atoms. The van der Waals surface area contributed by atoms with Gasteiger partial charge in [-0.3, -0.25) is 14.9 Å². The zero-order valence-electron chi connectivity index (χ0n) is 18.9. The molecule has 12 heteroatoms. The lowest BCUT2D eigenvalue weighted by Gasteiger charge is -2.35. The number of amides is 1. The van der Waals surface area contributed by atoms with Gasteiger partial charge in [-0.15, -0.1) is 0 Å². The van der Waals surface area contributed by atoms with E-state index in [1.807, 2.05) is 35.2 Å². The third-order valence-corrected chi connectivity index (χ3v) is 8.31. The smallest absolute Gasteiger partial charge is 0.293 e. The van der Waals surface area contributed by atoms with Crippen LogP contribution in [-0.2, 0) is 14.8 Å². The summed E-state index contributed by atoms with van der Waals surface area (Å²) in [6.07, 6.45) is 0. The Kier molecular flexibility index (Phi) is 6.17. The van der Waals surface area contributed by atoms with Crippen LogP contribution >= 0.6 is 0 Å². The molecular weight excluding hydrogens is 474 g/mol. The van der Waals surface area contributed by atoms with Crippen LogP contribution in [0.5, 0.6) is 0 Å². The van der Waals surface area contributed by atoms with E-state index in [2.05, 4.69) is 4.98 Å². The average molecular weight is 500 g/mol. The highest BCUT2D eigenvalue weighted by Crippen LogP contribution is 2.33. The van der Waals surface area contributed by atoms with Crippen molar-refractivity contribution in [1.82, 2.24) is 14.2 Å². The van der Waals surface area contributed by atoms with Crippen LogP contribution in [0.2, 0.25) is 0 Å². The highest BCUT2D eigenvalue weighted by molar-refractivity contribution is 7.89. The van der Waals surface area contributed by atoms with Crippen LogP contribution in [0, 0.1) is 10.1 Å². The number of H-pyrrole nitrogens is 1. The van der Waals surface area contributed by atoms with E-state index < -0.39 is 14.9 Å². The van der Waals surface area contributed by atoms with Crippen molar-refractivity contribution in [3.05, 3.63) is 64.3 Å². The molecule has 0 unspecified atom stereocenters. The van der Waals surface area contributed by atoms with Gasteiger partial charge in [0.2, 0.25) is 10.0 Å². The number of para-hydroxylation sites is 1. The number of benzene rings is 2. The van der Waals surface area contributed by atoms with Crippen LogP contribution < -0.4 is 4.90 Å². The number of aromatic nitrogens is 1. The summed E-state index contributed by atoms with van der Waals surface area (Å²) in [5.74, 6) is -0.123. The number of hydrogen-bond acceptors (Lipinski definition) is 7. The molecule has 0 bridgehead atoms. The second kappa shape index (κ2) is 9.29. The summed E-state index contributed by atoms with van der Waals surface area (Å²) in [6, 6.07) is 13.5. The van der Waals surface area contributed by atoms with Gasteiger partial charge in [-0.25, -0.2) is 8.42 Å². The lowest BCUT2D eigenvalue weighted by Crippen LogP contribution is -2.49. The van der Waals surface area contributed by atoms with Gasteiger partial charge in [0.15, 0.2) is 0 Å².